The molecule has 2 heteroatoms. The Morgan fingerprint density at radius 1 is 1.25 bits per heavy atom. The molecule has 2 nitrogen and oxygen atoms in total. The van der Waals surface area contributed by atoms with Crippen LogP contribution >= 0.6 is 0 Å². The molecule has 0 fully saturated rings. The van der Waals surface area contributed by atoms with Crippen LogP contribution in [0.3, 0.4) is 0 Å². The van der Waals surface area contributed by atoms with Crippen LogP contribution in [0.1, 0.15) is 19.4 Å². The fraction of sp³-hybridized carbons (Fsp3) is 0.500. The van der Waals surface area contributed by atoms with Gasteiger partial charge in [-0.05, 0) is 18.6 Å². The maximum atomic E-state index is 4.20. The number of pyridine rings is 1. The summed E-state index contributed by atoms with van der Waals surface area (Å²) in [4.78, 5) is 6.21. The Kier molecular flexibility index (Phi) is 5.09. The van der Waals surface area contributed by atoms with E-state index in [0.717, 1.165) is 5.82 Å². The molecule has 0 N–H and O–H groups in total. The number of nitrogens with zero attached hydrogens (tertiary/aromatic N) is 2. The van der Waals surface area contributed by atoms with Gasteiger partial charge in [-0.15, -0.1) is 0 Å². The summed E-state index contributed by atoms with van der Waals surface area (Å²) in [6.45, 7) is 6.06. The molecule has 12 heavy (non-hydrogen) atoms. The van der Waals surface area contributed by atoms with E-state index in [9.17, 15) is 0 Å². The second-order valence-electron chi connectivity index (χ2n) is 2.54. The van der Waals surface area contributed by atoms with E-state index in [1.54, 1.807) is 0 Å². The van der Waals surface area contributed by atoms with Gasteiger partial charge in [0.05, 0.1) is 0 Å². The first-order chi connectivity index (χ1) is 5.72. The van der Waals surface area contributed by atoms with Crippen molar-refractivity contribution in [3.63, 3.8) is 0 Å². The minimum Gasteiger partial charge on any atom is -0.363 e. The lowest BCUT2D eigenvalue weighted by Gasteiger charge is -2.12. The average molecular weight is 166 g/mol. The highest BCUT2D eigenvalue weighted by atomic mass is 15.1. The highest BCUT2D eigenvalue weighted by Crippen LogP contribution is 2.11. The second-order valence-corrected chi connectivity index (χ2v) is 2.54. The molecular weight excluding hydrogens is 148 g/mol. The Morgan fingerprint density at radius 3 is 2.17 bits per heavy atom. The monoisotopic (exact) mass is 166 g/mol. The molecular formula is C10H18N2. The first kappa shape index (κ1) is 11.0. The quantitative estimate of drug-likeness (QED) is 0.637. The van der Waals surface area contributed by atoms with Gasteiger partial charge in [-0.25, -0.2) is 4.98 Å². The van der Waals surface area contributed by atoms with Crippen molar-refractivity contribution in [3.05, 3.63) is 23.9 Å². The molecule has 0 aliphatic carbocycles. The van der Waals surface area contributed by atoms with E-state index < -0.39 is 0 Å². The van der Waals surface area contributed by atoms with E-state index in [1.807, 2.05) is 45.1 Å². The lowest BCUT2D eigenvalue weighted by atomic mass is 10.3. The van der Waals surface area contributed by atoms with Crippen LogP contribution < -0.4 is 4.90 Å². The Bertz CT molecular complexity index is 219. The predicted molar refractivity (Wildman–Crippen MR) is 54.6 cm³/mol. The number of aromatic nitrogens is 1. The topological polar surface area (TPSA) is 16.1 Å². The van der Waals surface area contributed by atoms with Gasteiger partial charge < -0.3 is 4.90 Å². The number of rotatable bonds is 1. The molecule has 0 aromatic carbocycles. The van der Waals surface area contributed by atoms with Gasteiger partial charge in [-0.1, -0.05) is 19.9 Å². The highest BCUT2D eigenvalue weighted by molar-refractivity contribution is 5.43. The maximum Gasteiger partial charge on any atom is 0.130 e. The normalized spacial score (nSPS) is 8.42. The summed E-state index contributed by atoms with van der Waals surface area (Å²) in [6.07, 6.45) is 1.81. The van der Waals surface area contributed by atoms with E-state index >= 15 is 0 Å². The van der Waals surface area contributed by atoms with Gasteiger partial charge in [0.1, 0.15) is 5.82 Å². The van der Waals surface area contributed by atoms with Gasteiger partial charge >= 0.3 is 0 Å². The fourth-order valence-corrected chi connectivity index (χ4v) is 0.946. The lowest BCUT2D eigenvalue weighted by Crippen LogP contribution is -2.11. The minimum atomic E-state index is 1.04. The van der Waals surface area contributed by atoms with Crippen molar-refractivity contribution in [2.45, 2.75) is 20.8 Å². The SMILES string of the molecule is CC.Cc1cccnc1N(C)C. The van der Waals surface area contributed by atoms with Crippen LogP contribution in [0.5, 0.6) is 0 Å². The van der Waals surface area contributed by atoms with Crippen molar-refractivity contribution in [2.75, 3.05) is 19.0 Å². The summed E-state index contributed by atoms with van der Waals surface area (Å²) in [5, 5.41) is 0. The van der Waals surface area contributed by atoms with Gasteiger partial charge in [0.25, 0.3) is 0 Å². The van der Waals surface area contributed by atoms with Crippen LogP contribution in [0, 0.1) is 6.92 Å². The number of anilines is 1. The molecule has 0 saturated carbocycles. The van der Waals surface area contributed by atoms with Crippen molar-refractivity contribution < 1.29 is 0 Å². The summed E-state index contributed by atoms with van der Waals surface area (Å²) >= 11 is 0. The van der Waals surface area contributed by atoms with Crippen LogP contribution in [0.4, 0.5) is 5.82 Å². The van der Waals surface area contributed by atoms with Crippen LogP contribution in [-0.4, -0.2) is 19.1 Å². The molecule has 1 aromatic rings. The van der Waals surface area contributed by atoms with Crippen LogP contribution in [-0.2, 0) is 0 Å². The van der Waals surface area contributed by atoms with Crippen molar-refractivity contribution in [2.24, 2.45) is 0 Å². The average Bonchev–Trinajstić information content (AvgIpc) is 2.08. The number of hydrogen-bond acceptors (Lipinski definition) is 2. The van der Waals surface area contributed by atoms with Crippen molar-refractivity contribution in [3.8, 4) is 0 Å². The first-order valence-corrected chi connectivity index (χ1v) is 4.31. The molecule has 0 unspecified atom stereocenters. The fourth-order valence-electron chi connectivity index (χ4n) is 0.946. The third-order valence-electron chi connectivity index (χ3n) is 1.41. The number of hydrogen-bond donors (Lipinski definition) is 0. The van der Waals surface area contributed by atoms with Gasteiger partial charge in [-0.3, -0.25) is 0 Å². The van der Waals surface area contributed by atoms with Gasteiger partial charge in [-0.2, -0.15) is 0 Å². The molecule has 0 amide bonds. The smallest absolute Gasteiger partial charge is 0.130 e. The molecule has 0 bridgehead atoms. The van der Waals surface area contributed by atoms with Crippen LogP contribution in [0.25, 0.3) is 0 Å². The molecule has 0 aliphatic heterocycles. The molecule has 68 valence electrons. The Hall–Kier alpha value is -1.05. The van der Waals surface area contributed by atoms with E-state index in [0.29, 0.717) is 0 Å². The van der Waals surface area contributed by atoms with Gasteiger partial charge in [0.2, 0.25) is 0 Å². The molecule has 0 radical (unpaired) electrons. The van der Waals surface area contributed by atoms with Crippen molar-refractivity contribution in [1.29, 1.82) is 0 Å². The van der Waals surface area contributed by atoms with E-state index in [2.05, 4.69) is 18.0 Å². The molecule has 1 heterocycles. The lowest BCUT2D eigenvalue weighted by molar-refractivity contribution is 1.05. The predicted octanol–water partition coefficient (Wildman–Crippen LogP) is 2.48. The van der Waals surface area contributed by atoms with Crippen molar-refractivity contribution >= 4 is 5.82 Å². The second kappa shape index (κ2) is 5.58. The summed E-state index contributed by atoms with van der Waals surface area (Å²) in [6, 6.07) is 4.00. The van der Waals surface area contributed by atoms with E-state index in [1.165, 1.54) is 5.56 Å². The molecule has 1 aromatic heterocycles. The van der Waals surface area contributed by atoms with Crippen molar-refractivity contribution in [1.82, 2.24) is 4.98 Å². The third kappa shape index (κ3) is 2.91. The standard InChI is InChI=1S/C8H12N2.C2H6/c1-7-5-4-6-9-8(7)10(2)3;1-2/h4-6H,1-3H3;1-2H3. The zero-order chi connectivity index (χ0) is 9.56. The van der Waals surface area contributed by atoms with Crippen LogP contribution in [0.15, 0.2) is 18.3 Å². The third-order valence-corrected chi connectivity index (χ3v) is 1.41. The summed E-state index contributed by atoms with van der Waals surface area (Å²) in [5.41, 5.74) is 1.22. The molecule has 0 spiro atoms. The largest absolute Gasteiger partial charge is 0.363 e. The Balaban J connectivity index is 0.000000561. The van der Waals surface area contributed by atoms with E-state index in [-0.39, 0.29) is 0 Å². The zero-order valence-electron chi connectivity index (χ0n) is 8.63. The van der Waals surface area contributed by atoms with Gasteiger partial charge in [0.15, 0.2) is 0 Å². The van der Waals surface area contributed by atoms with E-state index in [4.69, 9.17) is 0 Å². The molecule has 0 aliphatic rings. The minimum absolute atomic E-state index is 1.04. The Labute approximate surface area is 75.2 Å². The zero-order valence-corrected chi connectivity index (χ0v) is 8.63. The summed E-state index contributed by atoms with van der Waals surface area (Å²) in [7, 11) is 3.99. The molecule has 0 saturated heterocycles. The van der Waals surface area contributed by atoms with Gasteiger partial charge in [0, 0.05) is 20.3 Å². The first-order valence-electron chi connectivity index (χ1n) is 4.31. The summed E-state index contributed by atoms with van der Waals surface area (Å²) in [5.74, 6) is 1.04. The molecule has 0 atom stereocenters. The van der Waals surface area contributed by atoms with Crippen LogP contribution in [0.2, 0.25) is 0 Å². The number of aryl methyl sites for hydroxylation is 1. The maximum absolute atomic E-state index is 4.20. The summed E-state index contributed by atoms with van der Waals surface area (Å²) < 4.78 is 0. The molecule has 1 rings (SSSR count). The highest BCUT2D eigenvalue weighted by Gasteiger charge is 1.97. The Morgan fingerprint density at radius 2 is 1.83 bits per heavy atom.